The molecular weight excluding hydrogens is 350 g/mol. The number of aromatic nitrogens is 1. The van der Waals surface area contributed by atoms with Crippen molar-refractivity contribution in [3.8, 4) is 5.75 Å². The van der Waals surface area contributed by atoms with E-state index < -0.39 is 10.8 Å². The molecule has 2 rings (SSSR count). The van der Waals surface area contributed by atoms with Crippen LogP contribution in [0.1, 0.15) is 19.4 Å². The van der Waals surface area contributed by atoms with E-state index in [2.05, 4.69) is 9.88 Å². The van der Waals surface area contributed by atoms with E-state index in [1.54, 1.807) is 6.26 Å². The first-order chi connectivity index (χ1) is 12.3. The predicted molar refractivity (Wildman–Crippen MR) is 107 cm³/mol. The number of rotatable bonds is 9. The van der Waals surface area contributed by atoms with Crippen LogP contribution >= 0.6 is 11.8 Å². The van der Waals surface area contributed by atoms with Crippen LogP contribution in [-0.2, 0) is 16.0 Å². The molecule has 26 heavy (non-hydrogen) atoms. The van der Waals surface area contributed by atoms with Crippen LogP contribution < -0.4 is 10.5 Å². The van der Waals surface area contributed by atoms with Crippen LogP contribution in [0.25, 0.3) is 10.9 Å². The molecule has 0 spiro atoms. The van der Waals surface area contributed by atoms with Gasteiger partial charge in [0.05, 0.1) is 0 Å². The molecule has 1 unspecified atom stereocenters. The van der Waals surface area contributed by atoms with E-state index in [1.807, 2.05) is 52.3 Å². The monoisotopic (exact) mass is 379 g/mol. The zero-order valence-electron chi connectivity index (χ0n) is 16.2. The fourth-order valence-electron chi connectivity index (χ4n) is 2.70. The molecule has 0 radical (unpaired) electrons. The van der Waals surface area contributed by atoms with Crippen LogP contribution in [0.2, 0.25) is 0 Å². The van der Waals surface area contributed by atoms with E-state index in [0.29, 0.717) is 5.75 Å². The second kappa shape index (κ2) is 8.79. The van der Waals surface area contributed by atoms with Gasteiger partial charge in [-0.05, 0) is 50.4 Å². The van der Waals surface area contributed by atoms with Gasteiger partial charge in [0, 0.05) is 23.6 Å². The van der Waals surface area contributed by atoms with Gasteiger partial charge in [0.25, 0.3) is 0 Å². The zero-order valence-corrected chi connectivity index (χ0v) is 17.0. The summed E-state index contributed by atoms with van der Waals surface area (Å²) >= 11 is 1.29. The lowest BCUT2D eigenvalue weighted by molar-refractivity contribution is -0.154. The molecule has 0 saturated carbocycles. The molecule has 0 aliphatic carbocycles. The second-order valence-corrected chi connectivity index (χ2v) is 7.98. The van der Waals surface area contributed by atoms with Crippen LogP contribution in [0.3, 0.4) is 0 Å². The minimum absolute atomic E-state index is 0.0456. The summed E-state index contributed by atoms with van der Waals surface area (Å²) in [4.78, 5) is 16.7. The molecule has 0 saturated heterocycles. The molecule has 0 fully saturated rings. The molecule has 144 valence electrons. The normalized spacial score (nSPS) is 14.0. The number of hydrogen-bond acceptors (Lipinski definition) is 6. The lowest BCUT2D eigenvalue weighted by atomic mass is 10.1. The zero-order chi connectivity index (χ0) is 19.3. The highest BCUT2D eigenvalue weighted by Gasteiger charge is 2.38. The first-order valence-electron chi connectivity index (χ1n) is 8.67. The Labute approximate surface area is 159 Å². The number of ether oxygens (including phenoxy) is 2. The maximum atomic E-state index is 12.3. The molecule has 1 aromatic carbocycles. The van der Waals surface area contributed by atoms with Gasteiger partial charge in [0.15, 0.2) is 4.87 Å². The van der Waals surface area contributed by atoms with Crippen molar-refractivity contribution in [3.63, 3.8) is 0 Å². The average Bonchev–Trinajstić information content (AvgIpc) is 3.02. The summed E-state index contributed by atoms with van der Waals surface area (Å²) in [6.45, 7) is 4.57. The Bertz CT molecular complexity index is 745. The van der Waals surface area contributed by atoms with Crippen LogP contribution in [0.15, 0.2) is 24.4 Å². The highest BCUT2D eigenvalue weighted by molar-refractivity contribution is 8.00. The topological polar surface area (TPSA) is 80.6 Å². The van der Waals surface area contributed by atoms with Gasteiger partial charge in [0.1, 0.15) is 5.75 Å². The van der Waals surface area contributed by atoms with E-state index in [0.717, 1.165) is 23.9 Å². The summed E-state index contributed by atoms with van der Waals surface area (Å²) in [6, 6.07) is 5.80. The van der Waals surface area contributed by atoms with Gasteiger partial charge in [-0.2, -0.15) is 0 Å². The van der Waals surface area contributed by atoms with Gasteiger partial charge < -0.3 is 25.1 Å². The Hall–Kier alpha value is -1.70. The summed E-state index contributed by atoms with van der Waals surface area (Å²) in [5.41, 5.74) is 8.33. The SMILES string of the molecule is CSC(N)(C(=O)OCOc1cccc2[nH]cc(CCN(C)C)c12)C(C)C. The van der Waals surface area contributed by atoms with Crippen molar-refractivity contribution in [2.45, 2.75) is 25.1 Å². The van der Waals surface area contributed by atoms with Crippen molar-refractivity contribution in [2.75, 3.05) is 33.7 Å². The fraction of sp³-hybridized carbons (Fsp3) is 0.526. The largest absolute Gasteiger partial charge is 0.457 e. The fourth-order valence-corrected chi connectivity index (χ4v) is 3.39. The van der Waals surface area contributed by atoms with Crippen molar-refractivity contribution in [1.29, 1.82) is 0 Å². The van der Waals surface area contributed by atoms with Gasteiger partial charge >= 0.3 is 5.97 Å². The molecule has 0 aliphatic heterocycles. The molecule has 0 bridgehead atoms. The summed E-state index contributed by atoms with van der Waals surface area (Å²) in [6.07, 6.45) is 4.71. The molecule has 1 aromatic heterocycles. The minimum Gasteiger partial charge on any atom is -0.457 e. The third kappa shape index (κ3) is 4.52. The molecule has 2 aromatic rings. The molecule has 0 amide bonds. The van der Waals surface area contributed by atoms with E-state index in [9.17, 15) is 4.79 Å². The van der Waals surface area contributed by atoms with Gasteiger partial charge in [-0.25, -0.2) is 4.79 Å². The molecule has 1 atom stereocenters. The van der Waals surface area contributed by atoms with E-state index >= 15 is 0 Å². The maximum Gasteiger partial charge on any atom is 0.339 e. The number of H-pyrrole nitrogens is 1. The number of thioether (sulfide) groups is 1. The number of fused-ring (bicyclic) bond motifs is 1. The molecule has 0 aliphatic rings. The number of nitrogens with two attached hydrogens (primary N) is 1. The highest BCUT2D eigenvalue weighted by Crippen LogP contribution is 2.30. The highest BCUT2D eigenvalue weighted by atomic mass is 32.2. The lowest BCUT2D eigenvalue weighted by Gasteiger charge is -2.28. The second-order valence-electron chi connectivity index (χ2n) is 6.89. The summed E-state index contributed by atoms with van der Waals surface area (Å²) < 4.78 is 11.1. The summed E-state index contributed by atoms with van der Waals surface area (Å²) in [5.74, 6) is 0.187. The molecule has 7 heteroatoms. The van der Waals surface area contributed by atoms with Gasteiger partial charge in [0.2, 0.25) is 6.79 Å². The van der Waals surface area contributed by atoms with Crippen LogP contribution in [0.4, 0.5) is 0 Å². The number of hydrogen-bond donors (Lipinski definition) is 2. The van der Waals surface area contributed by atoms with Crippen molar-refractivity contribution in [1.82, 2.24) is 9.88 Å². The Balaban J connectivity index is 2.09. The number of nitrogens with zero attached hydrogens (tertiary/aromatic N) is 1. The Morgan fingerprint density at radius 2 is 2.12 bits per heavy atom. The van der Waals surface area contributed by atoms with E-state index in [1.165, 1.54) is 17.3 Å². The van der Waals surface area contributed by atoms with Crippen LogP contribution in [0, 0.1) is 5.92 Å². The summed E-state index contributed by atoms with van der Waals surface area (Å²) in [7, 11) is 4.09. The third-order valence-corrected chi connectivity index (χ3v) is 5.81. The van der Waals surface area contributed by atoms with Gasteiger partial charge in [-0.1, -0.05) is 19.9 Å². The Kier molecular flexibility index (Phi) is 6.97. The number of aromatic amines is 1. The number of carbonyl (C=O) groups is 1. The lowest BCUT2D eigenvalue weighted by Crippen LogP contribution is -2.50. The summed E-state index contributed by atoms with van der Waals surface area (Å²) in [5, 5.41) is 1.03. The molecule has 3 N–H and O–H groups in total. The van der Waals surface area contributed by atoms with Crippen LogP contribution in [0.5, 0.6) is 5.75 Å². The number of esters is 1. The molecular formula is C19H29N3O3S. The van der Waals surface area contributed by atoms with E-state index in [-0.39, 0.29) is 12.7 Å². The first kappa shape index (κ1) is 20.6. The van der Waals surface area contributed by atoms with Gasteiger partial charge in [-0.15, -0.1) is 11.8 Å². The molecule has 1 heterocycles. The Morgan fingerprint density at radius 3 is 2.73 bits per heavy atom. The molecule has 6 nitrogen and oxygen atoms in total. The number of nitrogens with one attached hydrogen (secondary N) is 1. The minimum atomic E-state index is -1.07. The smallest absolute Gasteiger partial charge is 0.339 e. The quantitative estimate of drug-likeness (QED) is 0.515. The number of carbonyl (C=O) groups excluding carboxylic acids is 1. The standard InChI is InChI=1S/C19H29N3O3S/c1-13(2)19(20,26-5)18(23)25-12-24-16-8-6-7-15-17(16)14(11-21-15)9-10-22(3)4/h6-8,11,13,21H,9-10,12,20H2,1-5H3. The van der Waals surface area contributed by atoms with Crippen molar-refractivity contribution in [3.05, 3.63) is 30.0 Å². The number of likely N-dealkylation sites (N-methyl/N-ethyl adjacent to an activating group) is 1. The van der Waals surface area contributed by atoms with Crippen molar-refractivity contribution >= 4 is 28.6 Å². The third-order valence-electron chi connectivity index (χ3n) is 4.50. The van der Waals surface area contributed by atoms with Crippen LogP contribution in [-0.4, -0.2) is 54.4 Å². The maximum absolute atomic E-state index is 12.3. The van der Waals surface area contributed by atoms with Crippen molar-refractivity contribution in [2.24, 2.45) is 11.7 Å². The van der Waals surface area contributed by atoms with Crippen molar-refractivity contribution < 1.29 is 14.3 Å². The van der Waals surface area contributed by atoms with E-state index in [4.69, 9.17) is 15.2 Å². The Morgan fingerprint density at radius 1 is 1.38 bits per heavy atom. The van der Waals surface area contributed by atoms with Gasteiger partial charge in [-0.3, -0.25) is 0 Å². The average molecular weight is 380 g/mol. The number of benzene rings is 1. The predicted octanol–water partition coefficient (Wildman–Crippen LogP) is 2.83. The first-order valence-corrected chi connectivity index (χ1v) is 9.89.